The van der Waals surface area contributed by atoms with Gasteiger partial charge in [0.15, 0.2) is 0 Å². The van der Waals surface area contributed by atoms with Crippen LogP contribution in [0.25, 0.3) is 0 Å². The van der Waals surface area contributed by atoms with Gasteiger partial charge in [-0.05, 0) is 24.1 Å². The Hall–Kier alpha value is -1.06. The van der Waals surface area contributed by atoms with E-state index >= 15 is 0 Å². The van der Waals surface area contributed by atoms with Crippen LogP contribution in [0, 0.1) is 0 Å². The third-order valence-electron chi connectivity index (χ3n) is 3.18. The van der Waals surface area contributed by atoms with Crippen LogP contribution in [0.5, 0.6) is 5.75 Å². The van der Waals surface area contributed by atoms with Gasteiger partial charge in [-0.2, -0.15) is 0 Å². The van der Waals surface area contributed by atoms with Gasteiger partial charge in [0.2, 0.25) is 0 Å². The van der Waals surface area contributed by atoms with Crippen LogP contribution < -0.4 is 4.74 Å². The van der Waals surface area contributed by atoms with Gasteiger partial charge in [-0.3, -0.25) is 0 Å². The highest BCUT2D eigenvalue weighted by Gasteiger charge is 2.04. The highest BCUT2D eigenvalue weighted by molar-refractivity contribution is 5.36. The number of hydrogen-bond donors (Lipinski definition) is 1. The summed E-state index contributed by atoms with van der Waals surface area (Å²) in [6, 6.07) is 5.69. The number of unbranched alkanes of at least 4 members (excludes halogenated alkanes) is 4. The van der Waals surface area contributed by atoms with E-state index in [9.17, 15) is 0 Å². The van der Waals surface area contributed by atoms with Crippen LogP contribution in [-0.2, 0) is 18.0 Å². The second-order valence-corrected chi connectivity index (χ2v) is 4.77. The van der Waals surface area contributed by atoms with Gasteiger partial charge in [0, 0.05) is 12.2 Å². The fourth-order valence-corrected chi connectivity index (χ4v) is 2.03. The van der Waals surface area contributed by atoms with Crippen molar-refractivity contribution in [3.63, 3.8) is 0 Å². The molecule has 1 rings (SSSR count). The first kappa shape index (κ1) is 16.0. The Bertz CT molecular complexity index is 350. The monoisotopic (exact) mass is 266 g/mol. The maximum atomic E-state index is 9.14. The average molecular weight is 266 g/mol. The Morgan fingerprint density at radius 2 is 1.89 bits per heavy atom. The first-order chi connectivity index (χ1) is 9.31. The highest BCUT2D eigenvalue weighted by Crippen LogP contribution is 2.21. The summed E-state index contributed by atoms with van der Waals surface area (Å²) in [5, 5.41) is 9.14. The standard InChI is InChI=1S/C16H26O3/c1-3-4-5-6-7-10-19-13-15-11-14(12-17)8-9-16(15)18-2/h8-9,11,17H,3-7,10,12-13H2,1-2H3. The molecule has 0 saturated carbocycles. The van der Waals surface area contributed by atoms with Crippen molar-refractivity contribution < 1.29 is 14.6 Å². The molecular weight excluding hydrogens is 240 g/mol. The fraction of sp³-hybridized carbons (Fsp3) is 0.625. The molecule has 1 N–H and O–H groups in total. The molecule has 0 saturated heterocycles. The minimum atomic E-state index is 0.0496. The summed E-state index contributed by atoms with van der Waals surface area (Å²) in [7, 11) is 1.65. The summed E-state index contributed by atoms with van der Waals surface area (Å²) in [6.45, 7) is 3.60. The molecule has 0 spiro atoms. The molecule has 1 aromatic carbocycles. The highest BCUT2D eigenvalue weighted by atomic mass is 16.5. The SMILES string of the molecule is CCCCCCCOCc1cc(CO)ccc1OC. The van der Waals surface area contributed by atoms with Gasteiger partial charge >= 0.3 is 0 Å². The first-order valence-corrected chi connectivity index (χ1v) is 7.16. The average Bonchev–Trinajstić information content (AvgIpc) is 2.46. The summed E-state index contributed by atoms with van der Waals surface area (Å²) in [4.78, 5) is 0. The zero-order valence-corrected chi connectivity index (χ0v) is 12.2. The zero-order chi connectivity index (χ0) is 13.9. The van der Waals surface area contributed by atoms with E-state index in [2.05, 4.69) is 6.92 Å². The normalized spacial score (nSPS) is 10.7. The molecule has 1 aromatic rings. The lowest BCUT2D eigenvalue weighted by Crippen LogP contribution is -1.99. The summed E-state index contributed by atoms with van der Waals surface area (Å²) >= 11 is 0. The molecule has 0 radical (unpaired) electrons. The molecular formula is C16H26O3. The van der Waals surface area contributed by atoms with Crippen molar-refractivity contribution in [1.82, 2.24) is 0 Å². The zero-order valence-electron chi connectivity index (χ0n) is 12.2. The number of benzene rings is 1. The third-order valence-corrected chi connectivity index (χ3v) is 3.18. The lowest BCUT2D eigenvalue weighted by molar-refractivity contribution is 0.115. The summed E-state index contributed by atoms with van der Waals surface area (Å²) in [5.74, 6) is 0.822. The number of ether oxygens (including phenoxy) is 2. The van der Waals surface area contributed by atoms with Crippen molar-refractivity contribution in [2.24, 2.45) is 0 Å². The molecule has 0 aromatic heterocycles. The molecule has 3 nitrogen and oxygen atoms in total. The van der Waals surface area contributed by atoms with Crippen LogP contribution in [-0.4, -0.2) is 18.8 Å². The second-order valence-electron chi connectivity index (χ2n) is 4.77. The van der Waals surface area contributed by atoms with Gasteiger partial charge in [-0.1, -0.05) is 38.7 Å². The quantitative estimate of drug-likeness (QED) is 0.657. The van der Waals surface area contributed by atoms with E-state index in [4.69, 9.17) is 14.6 Å². The number of hydrogen-bond acceptors (Lipinski definition) is 3. The van der Waals surface area contributed by atoms with E-state index in [1.807, 2.05) is 18.2 Å². The largest absolute Gasteiger partial charge is 0.496 e. The van der Waals surface area contributed by atoms with Crippen LogP contribution in [0.2, 0.25) is 0 Å². The maximum Gasteiger partial charge on any atom is 0.124 e. The van der Waals surface area contributed by atoms with E-state index in [-0.39, 0.29) is 6.61 Å². The van der Waals surface area contributed by atoms with Crippen molar-refractivity contribution in [1.29, 1.82) is 0 Å². The Labute approximate surface area is 116 Å². The summed E-state index contributed by atoms with van der Waals surface area (Å²) < 4.78 is 11.0. The summed E-state index contributed by atoms with van der Waals surface area (Å²) in [5.41, 5.74) is 1.89. The van der Waals surface area contributed by atoms with Crippen molar-refractivity contribution in [2.45, 2.75) is 52.2 Å². The molecule has 3 heteroatoms. The number of aliphatic hydroxyl groups excluding tert-OH is 1. The van der Waals surface area contributed by atoms with Gasteiger partial charge in [0.25, 0.3) is 0 Å². The predicted molar refractivity (Wildman–Crippen MR) is 77.3 cm³/mol. The smallest absolute Gasteiger partial charge is 0.124 e. The van der Waals surface area contributed by atoms with E-state index in [1.165, 1.54) is 25.7 Å². The van der Waals surface area contributed by atoms with E-state index < -0.39 is 0 Å². The van der Waals surface area contributed by atoms with Gasteiger partial charge in [-0.25, -0.2) is 0 Å². The minimum Gasteiger partial charge on any atom is -0.496 e. The van der Waals surface area contributed by atoms with Crippen LogP contribution in [0.3, 0.4) is 0 Å². The van der Waals surface area contributed by atoms with Crippen LogP contribution >= 0.6 is 0 Å². The van der Waals surface area contributed by atoms with Gasteiger partial charge in [-0.15, -0.1) is 0 Å². The number of aliphatic hydroxyl groups is 1. The molecule has 0 aliphatic heterocycles. The predicted octanol–water partition coefficient (Wildman–Crippen LogP) is 3.67. The number of methoxy groups -OCH3 is 1. The Balaban J connectivity index is 2.31. The molecule has 0 heterocycles. The molecule has 0 fully saturated rings. The second kappa shape index (κ2) is 9.82. The molecule has 0 amide bonds. The molecule has 0 unspecified atom stereocenters. The van der Waals surface area contributed by atoms with Crippen molar-refractivity contribution in [2.75, 3.05) is 13.7 Å². The lowest BCUT2D eigenvalue weighted by Gasteiger charge is -2.10. The van der Waals surface area contributed by atoms with Crippen molar-refractivity contribution in [3.8, 4) is 5.75 Å². The van der Waals surface area contributed by atoms with E-state index in [0.717, 1.165) is 29.9 Å². The summed E-state index contributed by atoms with van der Waals surface area (Å²) in [6.07, 6.45) is 6.23. The first-order valence-electron chi connectivity index (χ1n) is 7.16. The van der Waals surface area contributed by atoms with Gasteiger partial charge < -0.3 is 14.6 Å². The Morgan fingerprint density at radius 3 is 2.58 bits per heavy atom. The molecule has 19 heavy (non-hydrogen) atoms. The molecule has 0 aliphatic rings. The molecule has 0 bridgehead atoms. The maximum absolute atomic E-state index is 9.14. The molecule has 108 valence electrons. The Kier molecular flexibility index (Phi) is 8.26. The lowest BCUT2D eigenvalue weighted by atomic mass is 10.1. The fourth-order valence-electron chi connectivity index (χ4n) is 2.03. The van der Waals surface area contributed by atoms with Gasteiger partial charge in [0.1, 0.15) is 5.75 Å². The van der Waals surface area contributed by atoms with Gasteiger partial charge in [0.05, 0.1) is 20.3 Å². The molecule has 0 atom stereocenters. The van der Waals surface area contributed by atoms with Crippen LogP contribution in [0.4, 0.5) is 0 Å². The minimum absolute atomic E-state index is 0.0496. The number of rotatable bonds is 10. The van der Waals surface area contributed by atoms with E-state index in [1.54, 1.807) is 7.11 Å². The topological polar surface area (TPSA) is 38.7 Å². The van der Waals surface area contributed by atoms with Crippen molar-refractivity contribution >= 4 is 0 Å². The van der Waals surface area contributed by atoms with Crippen LogP contribution in [0.1, 0.15) is 50.2 Å². The van der Waals surface area contributed by atoms with Crippen molar-refractivity contribution in [3.05, 3.63) is 29.3 Å². The molecule has 0 aliphatic carbocycles. The third kappa shape index (κ3) is 6.08. The van der Waals surface area contributed by atoms with Crippen LogP contribution in [0.15, 0.2) is 18.2 Å². The van der Waals surface area contributed by atoms with E-state index in [0.29, 0.717) is 6.61 Å². The Morgan fingerprint density at radius 1 is 1.11 bits per heavy atom.